The molecule has 2 saturated carbocycles. The van der Waals surface area contributed by atoms with Gasteiger partial charge in [0.25, 0.3) is 11.8 Å². The van der Waals surface area contributed by atoms with Crippen LogP contribution >= 0.6 is 0 Å². The number of aliphatic hydroxyl groups is 1. The molecule has 0 aromatic heterocycles. The van der Waals surface area contributed by atoms with E-state index in [2.05, 4.69) is 4.90 Å². The first-order chi connectivity index (χ1) is 14.9. The number of hydrogen-bond donors (Lipinski definition) is 2. The number of aromatic hydroxyl groups is 1. The van der Waals surface area contributed by atoms with Crippen LogP contribution in [0.4, 0.5) is 0 Å². The highest BCUT2D eigenvalue weighted by atomic mass is 16.5. The number of amides is 2. The van der Waals surface area contributed by atoms with Crippen molar-refractivity contribution in [1.29, 1.82) is 0 Å². The monoisotopic (exact) mass is 422 g/mol. The van der Waals surface area contributed by atoms with Crippen molar-refractivity contribution in [3.05, 3.63) is 35.4 Å². The summed E-state index contributed by atoms with van der Waals surface area (Å²) in [6.07, 6.45) is 7.05. The van der Waals surface area contributed by atoms with Crippen molar-refractivity contribution in [2.75, 3.05) is 13.1 Å². The van der Waals surface area contributed by atoms with E-state index in [0.29, 0.717) is 25.0 Å². The third kappa shape index (κ3) is 2.07. The molecule has 2 bridgehead atoms. The second-order valence-corrected chi connectivity index (χ2v) is 10.3. The van der Waals surface area contributed by atoms with Crippen molar-refractivity contribution in [2.45, 2.75) is 67.7 Å². The van der Waals surface area contributed by atoms with E-state index in [4.69, 9.17) is 4.74 Å². The highest BCUT2D eigenvalue weighted by Gasteiger charge is 2.74. The fraction of sp³-hybridized carbons (Fsp3) is 0.583. The van der Waals surface area contributed by atoms with Gasteiger partial charge in [-0.05, 0) is 62.6 Å². The molecule has 7 heteroatoms. The SMILES string of the molecule is O=C1C=CC(=O)N1[C@@H]1CCC2(O)C3Cc4ccc(O)c5c4C2(CCN3CC2CC2)C1O5. The zero-order chi connectivity index (χ0) is 21.1. The molecule has 1 aromatic carbocycles. The van der Waals surface area contributed by atoms with Gasteiger partial charge in [0.05, 0.1) is 17.1 Å². The zero-order valence-corrected chi connectivity index (χ0v) is 17.3. The third-order valence-corrected chi connectivity index (χ3v) is 8.91. The molecule has 4 unspecified atom stereocenters. The molecule has 0 radical (unpaired) electrons. The van der Waals surface area contributed by atoms with Crippen LogP contribution in [0.25, 0.3) is 0 Å². The normalized spacial score (nSPS) is 40.3. The first-order valence-electron chi connectivity index (χ1n) is 11.5. The number of imide groups is 1. The Bertz CT molecular complexity index is 1050. The molecule has 3 aliphatic carbocycles. The van der Waals surface area contributed by atoms with Crippen LogP contribution in [0, 0.1) is 5.92 Å². The van der Waals surface area contributed by atoms with Gasteiger partial charge in [-0.15, -0.1) is 0 Å². The van der Waals surface area contributed by atoms with Crippen molar-refractivity contribution < 1.29 is 24.5 Å². The van der Waals surface area contributed by atoms with Crippen LogP contribution in [-0.4, -0.2) is 68.7 Å². The summed E-state index contributed by atoms with van der Waals surface area (Å²) in [5, 5.41) is 23.0. The summed E-state index contributed by atoms with van der Waals surface area (Å²) < 4.78 is 6.42. The molecule has 162 valence electrons. The van der Waals surface area contributed by atoms with Gasteiger partial charge in [0.1, 0.15) is 6.10 Å². The molecular weight excluding hydrogens is 396 g/mol. The number of carbonyl (C=O) groups excluding carboxylic acids is 2. The van der Waals surface area contributed by atoms with Gasteiger partial charge in [0.2, 0.25) is 0 Å². The van der Waals surface area contributed by atoms with Crippen LogP contribution in [0.1, 0.15) is 43.2 Å². The van der Waals surface area contributed by atoms with E-state index >= 15 is 0 Å². The average molecular weight is 422 g/mol. The molecule has 1 saturated heterocycles. The Morgan fingerprint density at radius 1 is 1.10 bits per heavy atom. The van der Waals surface area contributed by atoms with Crippen LogP contribution < -0.4 is 4.74 Å². The van der Waals surface area contributed by atoms with Gasteiger partial charge in [0.15, 0.2) is 11.5 Å². The minimum Gasteiger partial charge on any atom is -0.504 e. The predicted octanol–water partition coefficient (Wildman–Crippen LogP) is 1.25. The van der Waals surface area contributed by atoms with Crippen molar-refractivity contribution in [1.82, 2.24) is 9.80 Å². The van der Waals surface area contributed by atoms with Gasteiger partial charge in [-0.3, -0.25) is 19.4 Å². The smallest absolute Gasteiger partial charge is 0.254 e. The predicted molar refractivity (Wildman–Crippen MR) is 110 cm³/mol. The summed E-state index contributed by atoms with van der Waals surface area (Å²) in [6.45, 7) is 1.87. The first-order valence-corrected chi connectivity index (χ1v) is 11.5. The minimum atomic E-state index is -1.01. The average Bonchev–Trinajstić information content (AvgIpc) is 3.40. The number of carbonyl (C=O) groups is 2. The largest absolute Gasteiger partial charge is 0.504 e. The van der Waals surface area contributed by atoms with Crippen molar-refractivity contribution in [3.63, 3.8) is 0 Å². The molecular formula is C24H26N2O5. The Morgan fingerprint density at radius 3 is 2.61 bits per heavy atom. The standard InChI is InChI=1S/C24H26N2O5/c27-16-4-3-14-11-17-24(30)8-7-15(26-18(28)5-6-19(26)29)22-23(24,20(14)21(16)31-22)9-10-25(17)12-13-1-2-13/h3-6,13,15,17,22,27,30H,1-2,7-12H2/t15-,17?,22?,23?,24?/m1/s1. The summed E-state index contributed by atoms with van der Waals surface area (Å²) in [4.78, 5) is 28.9. The number of phenolic OH excluding ortho intramolecular Hbond substituents is 1. The number of rotatable bonds is 3. The van der Waals surface area contributed by atoms with E-state index in [9.17, 15) is 19.8 Å². The second-order valence-electron chi connectivity index (χ2n) is 10.3. The quantitative estimate of drug-likeness (QED) is 0.713. The third-order valence-electron chi connectivity index (χ3n) is 8.91. The first kappa shape index (κ1) is 18.2. The van der Waals surface area contributed by atoms with Gasteiger partial charge in [-0.25, -0.2) is 0 Å². The van der Waals surface area contributed by atoms with Crippen LogP contribution in [0.2, 0.25) is 0 Å². The lowest BCUT2D eigenvalue weighted by Crippen LogP contribution is -2.78. The molecule has 31 heavy (non-hydrogen) atoms. The minimum absolute atomic E-state index is 0.0139. The highest BCUT2D eigenvalue weighted by Crippen LogP contribution is 2.66. The summed E-state index contributed by atoms with van der Waals surface area (Å²) in [5.74, 6) is 0.597. The zero-order valence-electron chi connectivity index (χ0n) is 17.3. The molecule has 5 atom stereocenters. The fourth-order valence-corrected chi connectivity index (χ4v) is 7.46. The second kappa shape index (κ2) is 5.70. The summed E-state index contributed by atoms with van der Waals surface area (Å²) >= 11 is 0. The van der Waals surface area contributed by atoms with E-state index in [1.807, 2.05) is 6.07 Å². The maximum Gasteiger partial charge on any atom is 0.254 e. The van der Waals surface area contributed by atoms with Gasteiger partial charge >= 0.3 is 0 Å². The number of likely N-dealkylation sites (tertiary alicyclic amines) is 1. The van der Waals surface area contributed by atoms with Gasteiger partial charge in [-0.2, -0.15) is 0 Å². The maximum atomic E-state index is 12.5. The lowest BCUT2D eigenvalue weighted by Gasteiger charge is -2.64. The molecule has 7 nitrogen and oxygen atoms in total. The number of piperidine rings is 1. The van der Waals surface area contributed by atoms with Gasteiger partial charge in [-0.1, -0.05) is 6.07 Å². The van der Waals surface area contributed by atoms with Crippen molar-refractivity contribution in [3.8, 4) is 11.5 Å². The van der Waals surface area contributed by atoms with E-state index < -0.39 is 23.2 Å². The van der Waals surface area contributed by atoms with Crippen LogP contribution in [0.15, 0.2) is 24.3 Å². The molecule has 6 aliphatic rings. The molecule has 3 heterocycles. The van der Waals surface area contributed by atoms with Crippen LogP contribution in [-0.2, 0) is 21.4 Å². The van der Waals surface area contributed by atoms with E-state index in [1.54, 1.807) is 6.07 Å². The molecule has 1 aromatic rings. The Kier molecular flexibility index (Phi) is 3.35. The van der Waals surface area contributed by atoms with E-state index in [-0.39, 0.29) is 23.6 Å². The Labute approximate surface area is 180 Å². The van der Waals surface area contributed by atoms with E-state index in [1.165, 1.54) is 29.9 Å². The Hall–Kier alpha value is -2.38. The lowest BCUT2D eigenvalue weighted by atomic mass is 9.48. The number of hydrogen-bond acceptors (Lipinski definition) is 6. The van der Waals surface area contributed by atoms with Crippen molar-refractivity contribution >= 4 is 11.8 Å². The van der Waals surface area contributed by atoms with Crippen molar-refractivity contribution in [2.24, 2.45) is 5.92 Å². The molecule has 2 N–H and O–H groups in total. The molecule has 7 rings (SSSR count). The van der Waals surface area contributed by atoms with Crippen LogP contribution in [0.5, 0.6) is 11.5 Å². The van der Waals surface area contributed by atoms with Gasteiger partial charge < -0.3 is 14.9 Å². The summed E-state index contributed by atoms with van der Waals surface area (Å²) in [6, 6.07) is 3.17. The topological polar surface area (TPSA) is 90.3 Å². The van der Waals surface area contributed by atoms with Gasteiger partial charge in [0, 0.05) is 30.3 Å². The van der Waals surface area contributed by atoms with Crippen LogP contribution in [0.3, 0.4) is 0 Å². The Balaban J connectivity index is 1.40. The number of phenols is 1. The lowest BCUT2D eigenvalue weighted by molar-refractivity contribution is -0.201. The maximum absolute atomic E-state index is 12.5. The van der Waals surface area contributed by atoms with E-state index in [0.717, 1.165) is 36.6 Å². The number of nitrogens with zero attached hydrogens (tertiary/aromatic N) is 2. The number of benzene rings is 1. The molecule has 3 aliphatic heterocycles. The fourth-order valence-electron chi connectivity index (χ4n) is 7.46. The summed E-state index contributed by atoms with van der Waals surface area (Å²) in [7, 11) is 0. The Morgan fingerprint density at radius 2 is 1.87 bits per heavy atom. The molecule has 1 spiro atoms. The highest BCUT2D eigenvalue weighted by molar-refractivity contribution is 6.13. The molecule has 2 amide bonds. The molecule has 3 fully saturated rings. The number of ether oxygens (including phenoxy) is 1. The summed E-state index contributed by atoms with van der Waals surface area (Å²) in [5.41, 5.74) is 0.306.